The standard InChI is InChI=1S/C17H19N3O3S2/c1-9-4-5-10-11(7-9)25-16-14(10)15(23)18-17(19-16)24-8-13(22)20-6-2-3-12(20)21/h9H,2-8H2,1H3,(H,18,19,23)/t9-/m0/s1. The van der Waals surface area contributed by atoms with Crippen molar-refractivity contribution >= 4 is 45.1 Å². The number of nitrogens with one attached hydrogen (secondary N) is 1. The van der Waals surface area contributed by atoms with Gasteiger partial charge in [0.2, 0.25) is 11.8 Å². The summed E-state index contributed by atoms with van der Waals surface area (Å²) >= 11 is 2.79. The average molecular weight is 377 g/mol. The van der Waals surface area contributed by atoms with Crippen LogP contribution in [-0.4, -0.2) is 39.0 Å². The molecule has 2 aromatic heterocycles. The molecular weight excluding hydrogens is 358 g/mol. The van der Waals surface area contributed by atoms with E-state index in [9.17, 15) is 14.4 Å². The molecule has 8 heteroatoms. The summed E-state index contributed by atoms with van der Waals surface area (Å²) < 4.78 is 0. The summed E-state index contributed by atoms with van der Waals surface area (Å²) in [7, 11) is 0. The molecule has 1 aliphatic carbocycles. The Morgan fingerprint density at radius 3 is 3.00 bits per heavy atom. The fourth-order valence-corrected chi connectivity index (χ4v) is 5.70. The van der Waals surface area contributed by atoms with Gasteiger partial charge in [-0.05, 0) is 37.2 Å². The molecular formula is C17H19N3O3S2. The van der Waals surface area contributed by atoms with E-state index < -0.39 is 0 Å². The molecule has 1 atom stereocenters. The van der Waals surface area contributed by atoms with Gasteiger partial charge in [0.25, 0.3) is 5.56 Å². The molecule has 2 aliphatic rings. The van der Waals surface area contributed by atoms with Crippen LogP contribution in [0.4, 0.5) is 0 Å². The van der Waals surface area contributed by atoms with Crippen LogP contribution in [0, 0.1) is 5.92 Å². The van der Waals surface area contributed by atoms with E-state index in [4.69, 9.17) is 0 Å². The van der Waals surface area contributed by atoms with Gasteiger partial charge < -0.3 is 4.98 Å². The molecule has 1 N–H and O–H groups in total. The maximum absolute atomic E-state index is 12.5. The molecule has 3 heterocycles. The molecule has 0 aromatic carbocycles. The predicted octanol–water partition coefficient (Wildman–Crippen LogP) is 2.35. The summed E-state index contributed by atoms with van der Waals surface area (Å²) in [6.07, 6.45) is 4.22. The highest BCUT2D eigenvalue weighted by Gasteiger charge is 2.27. The van der Waals surface area contributed by atoms with Crippen LogP contribution in [0.25, 0.3) is 10.2 Å². The van der Waals surface area contributed by atoms with Crippen LogP contribution in [0.15, 0.2) is 9.95 Å². The molecule has 25 heavy (non-hydrogen) atoms. The topological polar surface area (TPSA) is 83.1 Å². The van der Waals surface area contributed by atoms with Crippen molar-refractivity contribution in [3.63, 3.8) is 0 Å². The number of likely N-dealkylation sites (tertiary alicyclic amines) is 1. The number of rotatable bonds is 3. The van der Waals surface area contributed by atoms with Crippen LogP contribution < -0.4 is 5.56 Å². The zero-order chi connectivity index (χ0) is 17.6. The first-order valence-electron chi connectivity index (χ1n) is 8.53. The van der Waals surface area contributed by atoms with E-state index in [1.807, 2.05) is 0 Å². The van der Waals surface area contributed by atoms with Crippen LogP contribution in [0.5, 0.6) is 0 Å². The summed E-state index contributed by atoms with van der Waals surface area (Å²) in [4.78, 5) is 47.0. The van der Waals surface area contributed by atoms with Crippen molar-refractivity contribution in [1.82, 2.24) is 14.9 Å². The molecule has 132 valence electrons. The molecule has 1 saturated heterocycles. The van der Waals surface area contributed by atoms with Gasteiger partial charge in [-0.2, -0.15) is 0 Å². The zero-order valence-corrected chi connectivity index (χ0v) is 15.6. The lowest BCUT2D eigenvalue weighted by Gasteiger charge is -2.17. The number of amides is 2. The smallest absolute Gasteiger partial charge is 0.260 e. The van der Waals surface area contributed by atoms with Crippen LogP contribution in [0.3, 0.4) is 0 Å². The fourth-order valence-electron chi connectivity index (χ4n) is 3.52. The molecule has 1 fully saturated rings. The third-order valence-electron chi connectivity index (χ3n) is 4.85. The lowest BCUT2D eigenvalue weighted by molar-refractivity contribution is -0.140. The molecule has 0 spiro atoms. The number of thioether (sulfide) groups is 1. The number of aromatic amines is 1. The highest BCUT2D eigenvalue weighted by molar-refractivity contribution is 7.99. The lowest BCUT2D eigenvalue weighted by atomic mass is 9.89. The van der Waals surface area contributed by atoms with Gasteiger partial charge in [-0.1, -0.05) is 18.7 Å². The minimum Gasteiger partial charge on any atom is -0.301 e. The Balaban J connectivity index is 1.56. The van der Waals surface area contributed by atoms with Gasteiger partial charge in [-0.3, -0.25) is 19.3 Å². The van der Waals surface area contributed by atoms with Gasteiger partial charge in [-0.15, -0.1) is 11.3 Å². The Kier molecular flexibility index (Phi) is 4.41. The number of aryl methyl sites for hydroxylation is 1. The molecule has 2 aromatic rings. The number of hydrogen-bond acceptors (Lipinski definition) is 6. The van der Waals surface area contributed by atoms with Crippen molar-refractivity contribution in [3.05, 3.63) is 20.8 Å². The number of imide groups is 1. The summed E-state index contributed by atoms with van der Waals surface area (Å²) in [6, 6.07) is 0. The minimum absolute atomic E-state index is 0.109. The van der Waals surface area contributed by atoms with Crippen molar-refractivity contribution in [2.24, 2.45) is 5.92 Å². The van der Waals surface area contributed by atoms with E-state index >= 15 is 0 Å². The number of H-pyrrole nitrogens is 1. The molecule has 4 rings (SSSR count). The number of carbonyl (C=O) groups is 2. The Hall–Kier alpha value is -1.67. The van der Waals surface area contributed by atoms with Gasteiger partial charge in [0.1, 0.15) is 4.83 Å². The number of thiophene rings is 1. The SMILES string of the molecule is C[C@H]1CCc2c(sc3nc(SCC(=O)N4CCCC4=O)[nH]c(=O)c23)C1. The first kappa shape index (κ1) is 16.8. The van der Waals surface area contributed by atoms with Gasteiger partial charge in [0.15, 0.2) is 5.16 Å². The third-order valence-corrected chi connectivity index (χ3v) is 6.86. The Labute approximate surface area is 153 Å². The highest BCUT2D eigenvalue weighted by Crippen LogP contribution is 2.36. The van der Waals surface area contributed by atoms with Crippen molar-refractivity contribution < 1.29 is 9.59 Å². The van der Waals surface area contributed by atoms with Crippen LogP contribution in [0.2, 0.25) is 0 Å². The summed E-state index contributed by atoms with van der Waals surface area (Å²) in [5.74, 6) is 0.434. The maximum Gasteiger partial charge on any atom is 0.260 e. The number of aromatic nitrogens is 2. The quantitative estimate of drug-likeness (QED) is 0.656. The second kappa shape index (κ2) is 6.57. The van der Waals surface area contributed by atoms with E-state index in [2.05, 4.69) is 16.9 Å². The summed E-state index contributed by atoms with van der Waals surface area (Å²) in [5, 5.41) is 1.17. The lowest BCUT2D eigenvalue weighted by Crippen LogP contribution is -2.33. The Bertz CT molecular complexity index is 918. The van der Waals surface area contributed by atoms with E-state index in [1.165, 1.54) is 21.5 Å². The molecule has 0 radical (unpaired) electrons. The fraction of sp³-hybridized carbons (Fsp3) is 0.529. The minimum atomic E-state index is -0.213. The van der Waals surface area contributed by atoms with Crippen molar-refractivity contribution in [2.75, 3.05) is 12.3 Å². The van der Waals surface area contributed by atoms with Crippen molar-refractivity contribution in [2.45, 2.75) is 44.2 Å². The van der Waals surface area contributed by atoms with Crippen LogP contribution in [-0.2, 0) is 22.4 Å². The highest BCUT2D eigenvalue weighted by atomic mass is 32.2. The first-order valence-corrected chi connectivity index (χ1v) is 10.3. The van der Waals surface area contributed by atoms with Gasteiger partial charge in [0, 0.05) is 17.8 Å². The van der Waals surface area contributed by atoms with E-state index in [-0.39, 0.29) is 23.1 Å². The van der Waals surface area contributed by atoms with Crippen molar-refractivity contribution in [1.29, 1.82) is 0 Å². The summed E-state index contributed by atoms with van der Waals surface area (Å²) in [6.45, 7) is 2.73. The monoisotopic (exact) mass is 377 g/mol. The van der Waals surface area contributed by atoms with Gasteiger partial charge in [-0.25, -0.2) is 4.98 Å². The molecule has 1 aliphatic heterocycles. The molecule has 0 unspecified atom stereocenters. The second-order valence-corrected chi connectivity index (χ2v) is 8.78. The number of carbonyl (C=O) groups excluding carboxylic acids is 2. The Morgan fingerprint density at radius 2 is 2.24 bits per heavy atom. The Morgan fingerprint density at radius 1 is 1.40 bits per heavy atom. The molecule has 0 saturated carbocycles. The largest absolute Gasteiger partial charge is 0.301 e. The summed E-state index contributed by atoms with van der Waals surface area (Å²) in [5.41, 5.74) is 1.03. The molecule has 2 amide bonds. The third kappa shape index (κ3) is 3.13. The molecule has 0 bridgehead atoms. The molecule has 6 nitrogen and oxygen atoms in total. The van der Waals surface area contributed by atoms with Crippen LogP contribution in [0.1, 0.15) is 36.6 Å². The number of nitrogens with zero attached hydrogens (tertiary/aromatic N) is 2. The first-order chi connectivity index (χ1) is 12.0. The van der Waals surface area contributed by atoms with Gasteiger partial charge >= 0.3 is 0 Å². The van der Waals surface area contributed by atoms with Crippen LogP contribution >= 0.6 is 23.1 Å². The normalized spacial score (nSPS) is 20.3. The number of fused-ring (bicyclic) bond motifs is 3. The average Bonchev–Trinajstić information content (AvgIpc) is 3.15. The van der Waals surface area contributed by atoms with E-state index in [0.717, 1.165) is 41.5 Å². The second-order valence-electron chi connectivity index (χ2n) is 6.73. The number of hydrogen-bond donors (Lipinski definition) is 1. The maximum atomic E-state index is 12.5. The van der Waals surface area contributed by atoms with Gasteiger partial charge in [0.05, 0.1) is 11.1 Å². The van der Waals surface area contributed by atoms with E-state index in [1.54, 1.807) is 11.3 Å². The zero-order valence-electron chi connectivity index (χ0n) is 14.0. The van der Waals surface area contributed by atoms with E-state index in [0.29, 0.717) is 24.0 Å². The van der Waals surface area contributed by atoms with Crippen molar-refractivity contribution in [3.8, 4) is 0 Å². The predicted molar refractivity (Wildman–Crippen MR) is 98.1 cm³/mol.